The molecule has 1 aliphatic heterocycles. The van der Waals surface area contributed by atoms with Crippen LogP contribution in [0.4, 0.5) is 0 Å². The van der Waals surface area contributed by atoms with Crippen molar-refractivity contribution >= 4 is 17.7 Å². The maximum Gasteiger partial charge on any atom is 0.269 e. The minimum absolute atomic E-state index is 0.0125. The molecule has 29 heavy (non-hydrogen) atoms. The predicted molar refractivity (Wildman–Crippen MR) is 108 cm³/mol. The molecule has 0 bridgehead atoms. The first kappa shape index (κ1) is 22.5. The van der Waals surface area contributed by atoms with Crippen LogP contribution in [0.3, 0.4) is 0 Å². The number of piperidine rings is 1. The van der Waals surface area contributed by atoms with Gasteiger partial charge in [-0.1, -0.05) is 0 Å². The molecule has 3 N–H and O–H groups in total. The standard InChI is InChI=1S/C20H30N4O5/c1-13(2)21-19(26)14-7-9-24(10-8-14)12-18(25)22-23-20(27)15-5-6-16(28-3)17(11-15)29-4/h5-6,11,13-14H,7-10,12H2,1-4H3,(H,21,26)(H,22,25)(H,23,27). The van der Waals surface area contributed by atoms with Crippen molar-refractivity contribution in [2.75, 3.05) is 33.9 Å². The largest absolute Gasteiger partial charge is 0.493 e. The lowest BCUT2D eigenvalue weighted by molar-refractivity contribution is -0.127. The molecule has 1 saturated heterocycles. The average molecular weight is 406 g/mol. The quantitative estimate of drug-likeness (QED) is 0.575. The number of ether oxygens (including phenoxy) is 2. The van der Waals surface area contributed by atoms with Gasteiger partial charge in [-0.15, -0.1) is 0 Å². The van der Waals surface area contributed by atoms with Gasteiger partial charge in [0.25, 0.3) is 11.8 Å². The highest BCUT2D eigenvalue weighted by Gasteiger charge is 2.26. The lowest BCUT2D eigenvalue weighted by atomic mass is 9.95. The zero-order chi connectivity index (χ0) is 21.4. The second-order valence-corrected chi connectivity index (χ2v) is 7.29. The molecular weight excluding hydrogens is 376 g/mol. The molecule has 0 radical (unpaired) electrons. The topological polar surface area (TPSA) is 109 Å². The second kappa shape index (κ2) is 10.7. The number of methoxy groups -OCH3 is 2. The van der Waals surface area contributed by atoms with Crippen molar-refractivity contribution in [1.29, 1.82) is 0 Å². The minimum Gasteiger partial charge on any atom is -0.493 e. The summed E-state index contributed by atoms with van der Waals surface area (Å²) in [6, 6.07) is 4.86. The van der Waals surface area contributed by atoms with Gasteiger partial charge in [0.1, 0.15) is 0 Å². The van der Waals surface area contributed by atoms with Crippen molar-refractivity contribution in [3.63, 3.8) is 0 Å². The summed E-state index contributed by atoms with van der Waals surface area (Å²) in [5.41, 5.74) is 5.16. The summed E-state index contributed by atoms with van der Waals surface area (Å²) < 4.78 is 10.3. The van der Waals surface area contributed by atoms with Crippen molar-refractivity contribution in [2.24, 2.45) is 5.92 Å². The maximum atomic E-state index is 12.2. The zero-order valence-electron chi connectivity index (χ0n) is 17.4. The van der Waals surface area contributed by atoms with E-state index in [0.29, 0.717) is 43.0 Å². The molecule has 9 nitrogen and oxygen atoms in total. The number of nitrogens with one attached hydrogen (secondary N) is 3. The van der Waals surface area contributed by atoms with Gasteiger partial charge in [-0.3, -0.25) is 30.1 Å². The molecule has 0 unspecified atom stereocenters. The van der Waals surface area contributed by atoms with Gasteiger partial charge in [-0.05, 0) is 58.0 Å². The SMILES string of the molecule is COc1ccc(C(=O)NNC(=O)CN2CCC(C(=O)NC(C)C)CC2)cc1OC. The third-order valence-electron chi connectivity index (χ3n) is 4.72. The molecule has 2 rings (SSSR count). The highest BCUT2D eigenvalue weighted by atomic mass is 16.5. The van der Waals surface area contributed by atoms with Gasteiger partial charge >= 0.3 is 0 Å². The summed E-state index contributed by atoms with van der Waals surface area (Å²) in [4.78, 5) is 38.4. The third-order valence-corrected chi connectivity index (χ3v) is 4.72. The highest BCUT2D eigenvalue weighted by molar-refractivity contribution is 5.96. The Morgan fingerprint density at radius 3 is 2.31 bits per heavy atom. The Hall–Kier alpha value is -2.81. The maximum absolute atomic E-state index is 12.2. The van der Waals surface area contributed by atoms with Gasteiger partial charge in [-0.25, -0.2) is 0 Å². The van der Waals surface area contributed by atoms with E-state index in [1.165, 1.54) is 20.3 Å². The number of nitrogens with zero attached hydrogens (tertiary/aromatic N) is 1. The van der Waals surface area contributed by atoms with Crippen molar-refractivity contribution < 1.29 is 23.9 Å². The van der Waals surface area contributed by atoms with E-state index in [2.05, 4.69) is 16.2 Å². The Balaban J connectivity index is 1.76. The van der Waals surface area contributed by atoms with Crippen molar-refractivity contribution in [1.82, 2.24) is 21.1 Å². The first-order chi connectivity index (χ1) is 13.8. The lowest BCUT2D eigenvalue weighted by Crippen LogP contribution is -2.49. The molecule has 0 aromatic heterocycles. The Labute approximate surface area is 171 Å². The molecule has 1 aromatic rings. The predicted octanol–water partition coefficient (Wildman–Crippen LogP) is 0.701. The van der Waals surface area contributed by atoms with Crippen LogP contribution in [0.1, 0.15) is 37.0 Å². The number of hydrazine groups is 1. The van der Waals surface area contributed by atoms with Crippen LogP contribution in [0.5, 0.6) is 11.5 Å². The van der Waals surface area contributed by atoms with Crippen LogP contribution >= 0.6 is 0 Å². The zero-order valence-corrected chi connectivity index (χ0v) is 17.4. The summed E-state index contributed by atoms with van der Waals surface area (Å²) >= 11 is 0. The number of amides is 3. The molecule has 1 heterocycles. The van der Waals surface area contributed by atoms with Gasteiger partial charge in [-0.2, -0.15) is 0 Å². The van der Waals surface area contributed by atoms with Crippen LogP contribution in [0.25, 0.3) is 0 Å². The number of likely N-dealkylation sites (tertiary alicyclic amines) is 1. The first-order valence-electron chi connectivity index (χ1n) is 9.68. The van der Waals surface area contributed by atoms with Crippen LogP contribution in [0, 0.1) is 5.92 Å². The minimum atomic E-state index is -0.455. The van der Waals surface area contributed by atoms with Gasteiger partial charge in [0, 0.05) is 17.5 Å². The molecular formula is C20H30N4O5. The number of hydrogen-bond donors (Lipinski definition) is 3. The molecule has 1 fully saturated rings. The van der Waals surface area contributed by atoms with Gasteiger partial charge in [0.15, 0.2) is 11.5 Å². The number of carbonyl (C=O) groups is 3. The number of rotatable bonds is 7. The van der Waals surface area contributed by atoms with Crippen LogP contribution in [-0.2, 0) is 9.59 Å². The fraction of sp³-hybridized carbons (Fsp3) is 0.550. The number of hydrogen-bond acceptors (Lipinski definition) is 6. The van der Waals surface area contributed by atoms with Crippen LogP contribution in [0.2, 0.25) is 0 Å². The van der Waals surface area contributed by atoms with E-state index in [-0.39, 0.29) is 30.3 Å². The van der Waals surface area contributed by atoms with E-state index < -0.39 is 5.91 Å². The molecule has 9 heteroatoms. The lowest BCUT2D eigenvalue weighted by Gasteiger charge is -2.31. The first-order valence-corrected chi connectivity index (χ1v) is 9.68. The van der Waals surface area contributed by atoms with Crippen LogP contribution < -0.4 is 25.6 Å². The smallest absolute Gasteiger partial charge is 0.269 e. The second-order valence-electron chi connectivity index (χ2n) is 7.29. The van der Waals surface area contributed by atoms with Crippen LogP contribution in [0.15, 0.2) is 18.2 Å². The van der Waals surface area contributed by atoms with Gasteiger partial charge in [0.2, 0.25) is 5.91 Å². The van der Waals surface area contributed by atoms with Gasteiger partial charge < -0.3 is 14.8 Å². The summed E-state index contributed by atoms with van der Waals surface area (Å²) in [7, 11) is 2.99. The molecule has 1 aliphatic rings. The fourth-order valence-corrected chi connectivity index (χ4v) is 3.17. The summed E-state index contributed by atoms with van der Waals surface area (Å²) in [6.07, 6.45) is 1.42. The molecule has 0 aliphatic carbocycles. The fourth-order valence-electron chi connectivity index (χ4n) is 3.17. The molecule has 0 saturated carbocycles. The number of carbonyl (C=O) groups excluding carboxylic acids is 3. The van der Waals surface area contributed by atoms with Crippen LogP contribution in [-0.4, -0.2) is 62.5 Å². The summed E-state index contributed by atoms with van der Waals surface area (Å²) in [6.45, 7) is 5.35. The Morgan fingerprint density at radius 1 is 1.07 bits per heavy atom. The molecule has 3 amide bonds. The van der Waals surface area contributed by atoms with Crippen molar-refractivity contribution in [3.05, 3.63) is 23.8 Å². The van der Waals surface area contributed by atoms with E-state index in [1.807, 2.05) is 18.7 Å². The Bertz CT molecular complexity index is 730. The normalized spacial score (nSPS) is 14.9. The highest BCUT2D eigenvalue weighted by Crippen LogP contribution is 2.27. The van der Waals surface area contributed by atoms with E-state index >= 15 is 0 Å². The average Bonchev–Trinajstić information content (AvgIpc) is 2.71. The Morgan fingerprint density at radius 2 is 1.72 bits per heavy atom. The van der Waals surface area contributed by atoms with E-state index in [9.17, 15) is 14.4 Å². The molecule has 160 valence electrons. The third kappa shape index (κ3) is 6.63. The van der Waals surface area contributed by atoms with Crippen molar-refractivity contribution in [3.8, 4) is 11.5 Å². The van der Waals surface area contributed by atoms with Crippen molar-refractivity contribution in [2.45, 2.75) is 32.7 Å². The molecule has 1 aromatic carbocycles. The van der Waals surface area contributed by atoms with E-state index in [4.69, 9.17) is 9.47 Å². The van der Waals surface area contributed by atoms with E-state index in [0.717, 1.165) is 0 Å². The summed E-state index contributed by atoms with van der Waals surface area (Å²) in [5, 5.41) is 2.93. The monoisotopic (exact) mass is 406 g/mol. The number of benzene rings is 1. The molecule has 0 atom stereocenters. The molecule has 0 spiro atoms. The summed E-state index contributed by atoms with van der Waals surface area (Å²) in [5.74, 6) is 0.231. The Kier molecular flexibility index (Phi) is 8.26. The van der Waals surface area contributed by atoms with Gasteiger partial charge in [0.05, 0.1) is 20.8 Å². The van der Waals surface area contributed by atoms with E-state index in [1.54, 1.807) is 12.1 Å².